The van der Waals surface area contributed by atoms with E-state index in [9.17, 15) is 14.7 Å². The van der Waals surface area contributed by atoms with Crippen LogP contribution in [-0.2, 0) is 4.79 Å². The number of carbonyl (C=O) groups is 2. The minimum atomic E-state index is -0.0865. The molecule has 1 aromatic carbocycles. The van der Waals surface area contributed by atoms with E-state index in [1.54, 1.807) is 0 Å². The second-order valence-corrected chi connectivity index (χ2v) is 8.06. The Bertz CT molecular complexity index is 683. The quantitative estimate of drug-likeness (QED) is 0.866. The summed E-state index contributed by atoms with van der Waals surface area (Å²) in [4.78, 5) is 31.6. The van der Waals surface area contributed by atoms with Crippen molar-refractivity contribution >= 4 is 11.8 Å². The summed E-state index contributed by atoms with van der Waals surface area (Å²) in [6.45, 7) is 3.86. The third-order valence-electron chi connectivity index (χ3n) is 6.12. The van der Waals surface area contributed by atoms with Gasteiger partial charge < -0.3 is 19.8 Å². The second-order valence-electron chi connectivity index (χ2n) is 8.06. The van der Waals surface area contributed by atoms with E-state index in [4.69, 9.17) is 0 Å². The first-order chi connectivity index (χ1) is 12.9. The van der Waals surface area contributed by atoms with Crippen LogP contribution in [0.15, 0.2) is 24.3 Å². The van der Waals surface area contributed by atoms with Crippen molar-refractivity contribution in [1.29, 1.82) is 0 Å². The van der Waals surface area contributed by atoms with Gasteiger partial charge in [-0.1, -0.05) is 18.2 Å². The fraction of sp³-hybridized carbons (Fsp3) is 0.619. The van der Waals surface area contributed by atoms with Gasteiger partial charge in [-0.05, 0) is 51.9 Å². The number of benzene rings is 1. The number of nitrogens with zero attached hydrogens (tertiary/aromatic N) is 3. The molecule has 6 heteroatoms. The number of amides is 2. The summed E-state index contributed by atoms with van der Waals surface area (Å²) in [5.74, 6) is 0.142. The molecule has 0 spiro atoms. The van der Waals surface area contributed by atoms with Gasteiger partial charge in [0.15, 0.2) is 0 Å². The number of aryl methyl sites for hydroxylation is 1. The largest absolute Gasteiger partial charge is 0.394 e. The minimum absolute atomic E-state index is 0.0146. The van der Waals surface area contributed by atoms with Crippen molar-refractivity contribution < 1.29 is 14.7 Å². The minimum Gasteiger partial charge on any atom is -0.394 e. The van der Waals surface area contributed by atoms with E-state index in [0.717, 1.165) is 17.5 Å². The average molecular weight is 373 g/mol. The second kappa shape index (κ2) is 8.40. The van der Waals surface area contributed by atoms with Gasteiger partial charge in [0.25, 0.3) is 5.91 Å². The Hall–Kier alpha value is -1.92. The Labute approximate surface area is 161 Å². The highest BCUT2D eigenvalue weighted by molar-refractivity contribution is 5.95. The third-order valence-corrected chi connectivity index (χ3v) is 6.12. The lowest BCUT2D eigenvalue weighted by atomic mass is 9.94. The van der Waals surface area contributed by atoms with Crippen LogP contribution in [0.4, 0.5) is 0 Å². The van der Waals surface area contributed by atoms with Crippen molar-refractivity contribution in [2.24, 2.45) is 5.92 Å². The molecule has 148 valence electrons. The van der Waals surface area contributed by atoms with E-state index >= 15 is 0 Å². The highest BCUT2D eigenvalue weighted by atomic mass is 16.3. The first-order valence-corrected chi connectivity index (χ1v) is 9.85. The zero-order valence-corrected chi connectivity index (χ0v) is 16.6. The Morgan fingerprint density at radius 3 is 2.44 bits per heavy atom. The lowest BCUT2D eigenvalue weighted by Crippen LogP contribution is -2.47. The van der Waals surface area contributed by atoms with E-state index in [1.165, 1.54) is 0 Å². The number of likely N-dealkylation sites (tertiary alicyclic amines) is 2. The van der Waals surface area contributed by atoms with E-state index in [0.29, 0.717) is 38.5 Å². The molecule has 0 bridgehead atoms. The SMILES string of the molecule is Cc1ccccc1C(=O)N1CCC(C(=O)N2C[C@H](N(C)C)C[C@H]2CO)CC1. The summed E-state index contributed by atoms with van der Waals surface area (Å²) in [5.41, 5.74) is 1.73. The van der Waals surface area contributed by atoms with Gasteiger partial charge in [0.05, 0.1) is 12.6 Å². The van der Waals surface area contributed by atoms with Crippen LogP contribution >= 0.6 is 0 Å². The number of hydrogen-bond acceptors (Lipinski definition) is 4. The monoisotopic (exact) mass is 373 g/mol. The summed E-state index contributed by atoms with van der Waals surface area (Å²) in [6, 6.07) is 7.86. The Kier molecular flexibility index (Phi) is 6.17. The van der Waals surface area contributed by atoms with Gasteiger partial charge in [0.2, 0.25) is 5.91 Å². The highest BCUT2D eigenvalue weighted by Gasteiger charge is 2.39. The maximum absolute atomic E-state index is 13.0. The molecule has 3 rings (SSSR count). The molecule has 0 aromatic heterocycles. The summed E-state index contributed by atoms with van der Waals surface area (Å²) in [7, 11) is 4.03. The first kappa shape index (κ1) is 19.8. The van der Waals surface area contributed by atoms with Crippen LogP contribution < -0.4 is 0 Å². The van der Waals surface area contributed by atoms with Crippen molar-refractivity contribution in [3.63, 3.8) is 0 Å². The van der Waals surface area contributed by atoms with E-state index in [2.05, 4.69) is 4.90 Å². The van der Waals surface area contributed by atoms with Crippen LogP contribution in [0.3, 0.4) is 0 Å². The maximum Gasteiger partial charge on any atom is 0.254 e. The van der Waals surface area contributed by atoms with Crippen molar-refractivity contribution in [3.8, 4) is 0 Å². The van der Waals surface area contributed by atoms with Crippen molar-refractivity contribution in [3.05, 3.63) is 35.4 Å². The van der Waals surface area contributed by atoms with Crippen LogP contribution in [0.5, 0.6) is 0 Å². The van der Waals surface area contributed by atoms with Crippen LogP contribution in [0.1, 0.15) is 35.2 Å². The number of hydrogen-bond donors (Lipinski definition) is 1. The van der Waals surface area contributed by atoms with Crippen LogP contribution in [0.25, 0.3) is 0 Å². The van der Waals surface area contributed by atoms with Gasteiger partial charge in [0, 0.05) is 37.2 Å². The molecule has 0 aliphatic carbocycles. The molecule has 0 unspecified atom stereocenters. The average Bonchev–Trinajstić information content (AvgIpc) is 3.12. The van der Waals surface area contributed by atoms with E-state index in [-0.39, 0.29) is 30.4 Å². The number of carbonyl (C=O) groups excluding carboxylic acids is 2. The molecule has 1 N–H and O–H groups in total. The summed E-state index contributed by atoms with van der Waals surface area (Å²) in [5, 5.41) is 9.68. The molecule has 27 heavy (non-hydrogen) atoms. The summed E-state index contributed by atoms with van der Waals surface area (Å²) < 4.78 is 0. The summed E-state index contributed by atoms with van der Waals surface area (Å²) >= 11 is 0. The Balaban J connectivity index is 1.59. The first-order valence-electron chi connectivity index (χ1n) is 9.85. The molecule has 0 radical (unpaired) electrons. The van der Waals surface area contributed by atoms with Gasteiger partial charge in [-0.15, -0.1) is 0 Å². The van der Waals surface area contributed by atoms with E-state index < -0.39 is 0 Å². The zero-order valence-electron chi connectivity index (χ0n) is 16.6. The van der Waals surface area contributed by atoms with Crippen molar-refractivity contribution in [2.45, 2.75) is 38.3 Å². The Morgan fingerprint density at radius 1 is 1.19 bits per heavy atom. The molecule has 2 aliphatic rings. The number of aliphatic hydroxyl groups is 1. The molecule has 2 aliphatic heterocycles. The number of aliphatic hydroxyl groups excluding tert-OH is 1. The maximum atomic E-state index is 13.0. The van der Waals surface area contributed by atoms with Crippen LogP contribution in [0, 0.1) is 12.8 Å². The summed E-state index contributed by atoms with van der Waals surface area (Å²) in [6.07, 6.45) is 2.20. The fourth-order valence-corrected chi connectivity index (χ4v) is 4.26. The normalized spacial score (nSPS) is 23.9. The number of rotatable bonds is 4. The Morgan fingerprint density at radius 2 is 1.85 bits per heavy atom. The molecule has 6 nitrogen and oxygen atoms in total. The standard InChI is InChI=1S/C21H31N3O3/c1-15-6-4-5-7-19(15)21(27)23-10-8-16(9-11-23)20(26)24-13-17(22(2)3)12-18(24)14-25/h4-7,16-18,25H,8-14H2,1-3H3/t17-,18+/m1/s1. The third kappa shape index (κ3) is 4.17. The zero-order chi connectivity index (χ0) is 19.6. The van der Waals surface area contributed by atoms with Gasteiger partial charge in [-0.2, -0.15) is 0 Å². The molecular formula is C21H31N3O3. The van der Waals surface area contributed by atoms with Crippen LogP contribution in [-0.4, -0.2) is 84.0 Å². The molecule has 0 saturated carbocycles. The molecule has 1 aromatic rings. The lowest BCUT2D eigenvalue weighted by molar-refractivity contribution is -0.138. The topological polar surface area (TPSA) is 64.1 Å². The van der Waals surface area contributed by atoms with Gasteiger partial charge in [-0.25, -0.2) is 0 Å². The lowest BCUT2D eigenvalue weighted by Gasteiger charge is -2.35. The van der Waals surface area contributed by atoms with Gasteiger partial charge >= 0.3 is 0 Å². The van der Waals surface area contributed by atoms with Gasteiger partial charge in [-0.3, -0.25) is 9.59 Å². The number of likely N-dealkylation sites (N-methyl/N-ethyl adjacent to an activating group) is 1. The molecule has 2 saturated heterocycles. The molecular weight excluding hydrogens is 342 g/mol. The predicted octanol–water partition coefficient (Wildman–Crippen LogP) is 1.37. The highest BCUT2D eigenvalue weighted by Crippen LogP contribution is 2.27. The van der Waals surface area contributed by atoms with E-state index in [1.807, 2.05) is 55.1 Å². The smallest absolute Gasteiger partial charge is 0.254 e. The molecule has 2 heterocycles. The predicted molar refractivity (Wildman–Crippen MR) is 104 cm³/mol. The van der Waals surface area contributed by atoms with Crippen LogP contribution in [0.2, 0.25) is 0 Å². The number of piperidine rings is 1. The van der Waals surface area contributed by atoms with Crippen molar-refractivity contribution in [1.82, 2.24) is 14.7 Å². The van der Waals surface area contributed by atoms with Crippen molar-refractivity contribution in [2.75, 3.05) is 40.3 Å². The molecule has 2 amide bonds. The molecule has 2 atom stereocenters. The fourth-order valence-electron chi connectivity index (χ4n) is 4.26. The molecule has 2 fully saturated rings. The van der Waals surface area contributed by atoms with Gasteiger partial charge in [0.1, 0.15) is 0 Å².